The predicted octanol–water partition coefficient (Wildman–Crippen LogP) is 12.9. The van der Waals surface area contributed by atoms with Crippen molar-refractivity contribution in [2.45, 2.75) is 0 Å². The Morgan fingerprint density at radius 2 is 0.717 bits per heavy atom. The summed E-state index contributed by atoms with van der Waals surface area (Å²) < 4.78 is 6.47. The molecule has 0 atom stereocenters. The third-order valence-corrected chi connectivity index (χ3v) is 9.96. The number of aromatic nitrogens is 3. The van der Waals surface area contributed by atoms with E-state index in [1.807, 2.05) is 72.8 Å². The molecule has 2 aromatic heterocycles. The normalized spacial score (nSPS) is 11.4. The van der Waals surface area contributed by atoms with E-state index in [0.717, 1.165) is 66.1 Å². The van der Waals surface area contributed by atoms with Crippen LogP contribution in [0.1, 0.15) is 0 Å². The minimum atomic E-state index is 0.642. The molecule has 10 aromatic rings. The molecule has 0 radical (unpaired) electrons. The van der Waals surface area contributed by atoms with Crippen LogP contribution in [0, 0.1) is 0 Å². The van der Waals surface area contributed by atoms with Gasteiger partial charge in [0.25, 0.3) is 0 Å². The lowest BCUT2D eigenvalue weighted by molar-refractivity contribution is 0.672. The standard InChI is InChI=1S/C49H31N3O/c1-4-12-32(13-5-1)39-28-29-41-43(30-39)42(31-44-40-18-10-11-19-45(40)53-46(41)44)35-24-20-33(21-25-35)34-22-26-38(27-23-34)49-51-47(36-14-6-2-7-15-36)50-48(52-49)37-16-8-3-9-17-37/h1-31H. The van der Waals surface area contributed by atoms with Crippen molar-refractivity contribution in [2.24, 2.45) is 0 Å². The summed E-state index contributed by atoms with van der Waals surface area (Å²) in [5, 5.41) is 4.52. The summed E-state index contributed by atoms with van der Waals surface area (Å²) in [4.78, 5) is 14.6. The van der Waals surface area contributed by atoms with E-state index in [9.17, 15) is 0 Å². The van der Waals surface area contributed by atoms with Crippen LogP contribution in [0.25, 0.3) is 100 Å². The van der Waals surface area contributed by atoms with E-state index in [1.54, 1.807) is 0 Å². The lowest BCUT2D eigenvalue weighted by Crippen LogP contribution is -2.00. The molecular weight excluding hydrogens is 647 g/mol. The zero-order valence-corrected chi connectivity index (χ0v) is 28.6. The molecule has 0 saturated carbocycles. The molecule has 0 aliphatic heterocycles. The fraction of sp³-hybridized carbons (Fsp3) is 0. The fourth-order valence-corrected chi connectivity index (χ4v) is 7.24. The van der Waals surface area contributed by atoms with Crippen molar-refractivity contribution in [2.75, 3.05) is 0 Å². The van der Waals surface area contributed by atoms with E-state index in [0.29, 0.717) is 17.5 Å². The molecule has 0 aliphatic carbocycles. The second-order valence-electron chi connectivity index (χ2n) is 13.2. The Balaban J connectivity index is 1.03. The largest absolute Gasteiger partial charge is 0.455 e. The molecule has 0 fully saturated rings. The van der Waals surface area contributed by atoms with Crippen LogP contribution >= 0.6 is 0 Å². The van der Waals surface area contributed by atoms with Gasteiger partial charge < -0.3 is 4.42 Å². The number of para-hydroxylation sites is 1. The number of hydrogen-bond acceptors (Lipinski definition) is 4. The van der Waals surface area contributed by atoms with Crippen LogP contribution < -0.4 is 0 Å². The number of hydrogen-bond donors (Lipinski definition) is 0. The van der Waals surface area contributed by atoms with Crippen molar-refractivity contribution in [3.8, 4) is 67.5 Å². The molecule has 0 amide bonds. The Labute approximate surface area is 306 Å². The van der Waals surface area contributed by atoms with Gasteiger partial charge in [-0.1, -0.05) is 164 Å². The van der Waals surface area contributed by atoms with E-state index >= 15 is 0 Å². The molecule has 2 heterocycles. The van der Waals surface area contributed by atoms with E-state index in [4.69, 9.17) is 19.4 Å². The number of benzene rings is 8. The van der Waals surface area contributed by atoms with Gasteiger partial charge in [-0.2, -0.15) is 0 Å². The van der Waals surface area contributed by atoms with Gasteiger partial charge in [0.05, 0.1) is 0 Å². The van der Waals surface area contributed by atoms with Crippen molar-refractivity contribution in [1.29, 1.82) is 0 Å². The van der Waals surface area contributed by atoms with Crippen molar-refractivity contribution in [3.05, 3.63) is 188 Å². The highest BCUT2D eigenvalue weighted by Crippen LogP contribution is 2.41. The van der Waals surface area contributed by atoms with Crippen LogP contribution in [-0.4, -0.2) is 15.0 Å². The molecule has 4 nitrogen and oxygen atoms in total. The average molecular weight is 678 g/mol. The van der Waals surface area contributed by atoms with Crippen LogP contribution in [0.15, 0.2) is 192 Å². The number of furan rings is 1. The molecule has 53 heavy (non-hydrogen) atoms. The quantitative estimate of drug-likeness (QED) is 0.176. The highest BCUT2D eigenvalue weighted by Gasteiger charge is 2.17. The first kappa shape index (κ1) is 30.6. The van der Waals surface area contributed by atoms with Crippen LogP contribution in [0.2, 0.25) is 0 Å². The molecular formula is C49H31N3O. The molecule has 0 spiro atoms. The van der Waals surface area contributed by atoms with Gasteiger partial charge in [-0.3, -0.25) is 0 Å². The molecule has 0 saturated heterocycles. The number of nitrogens with zero attached hydrogens (tertiary/aromatic N) is 3. The van der Waals surface area contributed by atoms with Crippen LogP contribution in [0.4, 0.5) is 0 Å². The summed E-state index contributed by atoms with van der Waals surface area (Å²) in [5.41, 5.74) is 11.6. The monoisotopic (exact) mass is 677 g/mol. The summed E-state index contributed by atoms with van der Waals surface area (Å²) in [5.74, 6) is 1.95. The summed E-state index contributed by atoms with van der Waals surface area (Å²) >= 11 is 0. The van der Waals surface area contributed by atoms with E-state index in [1.165, 1.54) is 16.7 Å². The van der Waals surface area contributed by atoms with Crippen LogP contribution in [0.3, 0.4) is 0 Å². The maximum Gasteiger partial charge on any atom is 0.164 e. The maximum absolute atomic E-state index is 6.47. The Bertz CT molecular complexity index is 2840. The van der Waals surface area contributed by atoms with E-state index < -0.39 is 0 Å². The van der Waals surface area contributed by atoms with E-state index in [2.05, 4.69) is 115 Å². The summed E-state index contributed by atoms with van der Waals surface area (Å²) in [6, 6.07) is 65.3. The van der Waals surface area contributed by atoms with Gasteiger partial charge in [-0.25, -0.2) is 15.0 Å². The Kier molecular flexibility index (Phi) is 7.43. The Morgan fingerprint density at radius 3 is 1.30 bits per heavy atom. The van der Waals surface area contributed by atoms with Gasteiger partial charge >= 0.3 is 0 Å². The smallest absolute Gasteiger partial charge is 0.164 e. The minimum Gasteiger partial charge on any atom is -0.455 e. The molecule has 0 N–H and O–H groups in total. The van der Waals surface area contributed by atoms with Crippen LogP contribution in [-0.2, 0) is 0 Å². The molecule has 10 rings (SSSR count). The van der Waals surface area contributed by atoms with Crippen molar-refractivity contribution in [3.63, 3.8) is 0 Å². The van der Waals surface area contributed by atoms with Gasteiger partial charge in [0.2, 0.25) is 0 Å². The van der Waals surface area contributed by atoms with Gasteiger partial charge in [-0.05, 0) is 63.0 Å². The zero-order valence-electron chi connectivity index (χ0n) is 28.6. The van der Waals surface area contributed by atoms with Crippen LogP contribution in [0.5, 0.6) is 0 Å². The second-order valence-corrected chi connectivity index (χ2v) is 13.2. The molecule has 248 valence electrons. The first-order valence-electron chi connectivity index (χ1n) is 17.8. The third-order valence-electron chi connectivity index (χ3n) is 9.96. The van der Waals surface area contributed by atoms with Gasteiger partial charge in [0.1, 0.15) is 11.2 Å². The highest BCUT2D eigenvalue weighted by molar-refractivity contribution is 6.19. The average Bonchev–Trinajstić information content (AvgIpc) is 3.63. The molecule has 4 heteroatoms. The number of fused-ring (bicyclic) bond motifs is 5. The summed E-state index contributed by atoms with van der Waals surface area (Å²) in [6.07, 6.45) is 0. The third kappa shape index (κ3) is 5.63. The summed E-state index contributed by atoms with van der Waals surface area (Å²) in [7, 11) is 0. The highest BCUT2D eigenvalue weighted by atomic mass is 16.3. The summed E-state index contributed by atoms with van der Waals surface area (Å²) in [6.45, 7) is 0. The van der Waals surface area contributed by atoms with Gasteiger partial charge in [0.15, 0.2) is 17.5 Å². The van der Waals surface area contributed by atoms with E-state index in [-0.39, 0.29) is 0 Å². The Morgan fingerprint density at radius 1 is 0.283 bits per heavy atom. The predicted molar refractivity (Wildman–Crippen MR) is 217 cm³/mol. The van der Waals surface area contributed by atoms with Crippen molar-refractivity contribution < 1.29 is 4.42 Å². The fourth-order valence-electron chi connectivity index (χ4n) is 7.24. The second kappa shape index (κ2) is 12.9. The lowest BCUT2D eigenvalue weighted by Gasteiger charge is -2.12. The minimum absolute atomic E-state index is 0.642. The number of rotatable bonds is 6. The first-order chi connectivity index (χ1) is 26.2. The molecule has 8 aromatic carbocycles. The Hall–Kier alpha value is -7.17. The molecule has 0 unspecified atom stereocenters. The zero-order chi connectivity index (χ0) is 35.1. The topological polar surface area (TPSA) is 51.8 Å². The lowest BCUT2D eigenvalue weighted by atomic mass is 9.92. The van der Waals surface area contributed by atoms with Gasteiger partial charge in [-0.15, -0.1) is 0 Å². The SMILES string of the molecule is c1ccc(-c2ccc3c(c2)c(-c2ccc(-c4ccc(-c5nc(-c6ccccc6)nc(-c6ccccc6)n5)cc4)cc2)cc2c4ccccc4oc32)cc1. The maximum atomic E-state index is 6.47. The first-order valence-corrected chi connectivity index (χ1v) is 17.8. The molecule has 0 aliphatic rings. The van der Waals surface area contributed by atoms with Gasteiger partial charge in [0, 0.05) is 32.8 Å². The van der Waals surface area contributed by atoms with Crippen molar-refractivity contribution >= 4 is 32.7 Å². The van der Waals surface area contributed by atoms with Crippen molar-refractivity contribution in [1.82, 2.24) is 15.0 Å². The molecule has 0 bridgehead atoms.